The minimum atomic E-state index is -3.37. The summed E-state index contributed by atoms with van der Waals surface area (Å²) in [6.45, 7) is 4.49. The lowest BCUT2D eigenvalue weighted by atomic mass is 9.88. The van der Waals surface area contributed by atoms with E-state index in [2.05, 4.69) is 4.72 Å². The predicted molar refractivity (Wildman–Crippen MR) is 69.6 cm³/mol. The quantitative estimate of drug-likeness (QED) is 0.799. The summed E-state index contributed by atoms with van der Waals surface area (Å²) in [4.78, 5) is 0. The van der Waals surface area contributed by atoms with Gasteiger partial charge < -0.3 is 5.11 Å². The number of sulfonamides is 1. The van der Waals surface area contributed by atoms with Crippen LogP contribution in [0.2, 0.25) is 0 Å². The number of thiophene rings is 1. The first-order chi connectivity index (χ1) is 7.87. The summed E-state index contributed by atoms with van der Waals surface area (Å²) >= 11 is 1.21. The fraction of sp³-hybridized carbons (Fsp3) is 0.636. The highest BCUT2D eigenvalue weighted by molar-refractivity contribution is 7.91. The molecule has 0 atom stereocenters. The smallest absolute Gasteiger partial charge is 0.250 e. The van der Waals surface area contributed by atoms with Gasteiger partial charge in [-0.05, 0) is 29.7 Å². The molecule has 0 aromatic carbocycles. The zero-order chi connectivity index (χ0) is 12.9. The van der Waals surface area contributed by atoms with Crippen LogP contribution in [0.5, 0.6) is 0 Å². The van der Waals surface area contributed by atoms with Gasteiger partial charge in [-0.25, -0.2) is 13.1 Å². The molecule has 0 saturated carbocycles. The van der Waals surface area contributed by atoms with Crippen molar-refractivity contribution < 1.29 is 13.5 Å². The number of nitrogens with one attached hydrogen (secondary N) is 1. The maximum absolute atomic E-state index is 11.9. The number of aliphatic hydroxyl groups excluding tert-OH is 1. The largest absolute Gasteiger partial charge is 0.396 e. The Bertz CT molecular complexity index is 424. The van der Waals surface area contributed by atoms with Crippen molar-refractivity contribution in [2.45, 2.75) is 30.9 Å². The zero-order valence-electron chi connectivity index (χ0n) is 10.1. The first kappa shape index (κ1) is 14.6. The van der Waals surface area contributed by atoms with Gasteiger partial charge in [0, 0.05) is 13.2 Å². The van der Waals surface area contributed by atoms with Crippen LogP contribution in [0.1, 0.15) is 26.7 Å². The Morgan fingerprint density at radius 3 is 2.71 bits per heavy atom. The minimum absolute atomic E-state index is 0.140. The second kappa shape index (κ2) is 5.95. The molecule has 0 aliphatic carbocycles. The highest BCUT2D eigenvalue weighted by Gasteiger charge is 2.22. The number of rotatable bonds is 7. The van der Waals surface area contributed by atoms with E-state index in [-0.39, 0.29) is 12.0 Å². The highest BCUT2D eigenvalue weighted by atomic mass is 32.2. The van der Waals surface area contributed by atoms with E-state index >= 15 is 0 Å². The van der Waals surface area contributed by atoms with Crippen LogP contribution in [0, 0.1) is 5.41 Å². The van der Waals surface area contributed by atoms with Gasteiger partial charge in [-0.3, -0.25) is 0 Å². The summed E-state index contributed by atoms with van der Waals surface area (Å²) in [5.74, 6) is 0. The predicted octanol–water partition coefficient (Wildman–Crippen LogP) is 1.83. The van der Waals surface area contributed by atoms with Gasteiger partial charge in [-0.2, -0.15) is 0 Å². The maximum atomic E-state index is 11.9. The number of hydrogen-bond donors (Lipinski definition) is 2. The van der Waals surface area contributed by atoms with Gasteiger partial charge in [-0.15, -0.1) is 11.3 Å². The Labute approximate surface area is 107 Å². The van der Waals surface area contributed by atoms with Gasteiger partial charge in [0.05, 0.1) is 0 Å². The average Bonchev–Trinajstić information content (AvgIpc) is 2.78. The monoisotopic (exact) mass is 277 g/mol. The van der Waals surface area contributed by atoms with Crippen LogP contribution in [-0.4, -0.2) is 26.7 Å². The summed E-state index contributed by atoms with van der Waals surface area (Å²) in [5, 5.41) is 10.5. The van der Waals surface area contributed by atoms with Crippen LogP contribution in [0.4, 0.5) is 0 Å². The third-order valence-corrected chi connectivity index (χ3v) is 5.31. The van der Waals surface area contributed by atoms with E-state index < -0.39 is 10.0 Å². The standard InChI is InChI=1S/C11H19NO3S2/c1-11(2,6-4-7-13)9-12-17(14,15)10-5-3-8-16-10/h3,5,8,12-13H,4,6-7,9H2,1-2H3. The molecule has 0 aliphatic heterocycles. The number of hydrogen-bond acceptors (Lipinski definition) is 4. The first-order valence-electron chi connectivity index (χ1n) is 5.51. The Kier molecular flexibility index (Phi) is 5.12. The molecule has 0 radical (unpaired) electrons. The Morgan fingerprint density at radius 1 is 1.47 bits per heavy atom. The topological polar surface area (TPSA) is 66.4 Å². The molecule has 17 heavy (non-hydrogen) atoms. The molecule has 2 N–H and O–H groups in total. The first-order valence-corrected chi connectivity index (χ1v) is 7.88. The summed E-state index contributed by atoms with van der Waals surface area (Å²) in [7, 11) is -3.37. The molecule has 0 bridgehead atoms. The molecule has 0 aliphatic rings. The fourth-order valence-electron chi connectivity index (χ4n) is 1.42. The summed E-state index contributed by atoms with van der Waals surface area (Å²) < 4.78 is 26.7. The molecule has 0 amide bonds. The summed E-state index contributed by atoms with van der Waals surface area (Å²) in [6.07, 6.45) is 1.48. The van der Waals surface area contributed by atoms with Gasteiger partial charge in [0.15, 0.2) is 0 Å². The second-order valence-electron chi connectivity index (χ2n) is 4.75. The fourth-order valence-corrected chi connectivity index (χ4v) is 3.70. The van der Waals surface area contributed by atoms with Gasteiger partial charge in [0.1, 0.15) is 4.21 Å². The molecule has 0 unspecified atom stereocenters. The Morgan fingerprint density at radius 2 is 2.18 bits per heavy atom. The SMILES string of the molecule is CC(C)(CCCO)CNS(=O)(=O)c1cccs1. The van der Waals surface area contributed by atoms with Crippen molar-refractivity contribution in [1.82, 2.24) is 4.72 Å². The van der Waals surface area contributed by atoms with Crippen LogP contribution in [-0.2, 0) is 10.0 Å². The molecule has 0 fully saturated rings. The lowest BCUT2D eigenvalue weighted by Crippen LogP contribution is -2.33. The van der Waals surface area contributed by atoms with E-state index in [0.29, 0.717) is 17.2 Å². The molecule has 1 aromatic rings. The van der Waals surface area contributed by atoms with Crippen LogP contribution in [0.3, 0.4) is 0 Å². The van der Waals surface area contributed by atoms with Crippen LogP contribution >= 0.6 is 11.3 Å². The van der Waals surface area contributed by atoms with E-state index in [4.69, 9.17) is 5.11 Å². The van der Waals surface area contributed by atoms with E-state index in [1.54, 1.807) is 17.5 Å². The second-order valence-corrected chi connectivity index (χ2v) is 7.69. The average molecular weight is 277 g/mol. The molecule has 4 nitrogen and oxygen atoms in total. The lowest BCUT2D eigenvalue weighted by Gasteiger charge is -2.24. The highest BCUT2D eigenvalue weighted by Crippen LogP contribution is 2.22. The van der Waals surface area contributed by atoms with Gasteiger partial charge in [0.2, 0.25) is 10.0 Å². The Balaban J connectivity index is 2.56. The molecule has 1 aromatic heterocycles. The van der Waals surface area contributed by atoms with Crippen molar-refractivity contribution in [3.05, 3.63) is 17.5 Å². The maximum Gasteiger partial charge on any atom is 0.250 e. The third kappa shape index (κ3) is 4.75. The van der Waals surface area contributed by atoms with E-state index in [1.807, 2.05) is 13.8 Å². The van der Waals surface area contributed by atoms with Crippen molar-refractivity contribution in [2.75, 3.05) is 13.2 Å². The molecule has 0 spiro atoms. The lowest BCUT2D eigenvalue weighted by molar-refractivity contribution is 0.242. The van der Waals surface area contributed by atoms with Crippen molar-refractivity contribution in [1.29, 1.82) is 0 Å². The minimum Gasteiger partial charge on any atom is -0.396 e. The zero-order valence-corrected chi connectivity index (χ0v) is 11.8. The molecule has 0 saturated heterocycles. The van der Waals surface area contributed by atoms with Crippen molar-refractivity contribution >= 4 is 21.4 Å². The van der Waals surface area contributed by atoms with Gasteiger partial charge >= 0.3 is 0 Å². The molecule has 98 valence electrons. The van der Waals surface area contributed by atoms with Crippen LogP contribution in [0.15, 0.2) is 21.7 Å². The van der Waals surface area contributed by atoms with E-state index in [9.17, 15) is 8.42 Å². The molecule has 1 heterocycles. The van der Waals surface area contributed by atoms with E-state index in [0.717, 1.165) is 6.42 Å². The normalized spacial score (nSPS) is 12.9. The Hall–Kier alpha value is -0.430. The third-order valence-electron chi connectivity index (χ3n) is 2.51. The van der Waals surface area contributed by atoms with Crippen molar-refractivity contribution in [3.8, 4) is 0 Å². The molecular weight excluding hydrogens is 258 g/mol. The molecular formula is C11H19NO3S2. The molecule has 6 heteroatoms. The summed E-state index contributed by atoms with van der Waals surface area (Å²) in [5.41, 5.74) is -0.146. The van der Waals surface area contributed by atoms with E-state index in [1.165, 1.54) is 11.3 Å². The number of aliphatic hydroxyl groups is 1. The van der Waals surface area contributed by atoms with Crippen molar-refractivity contribution in [3.63, 3.8) is 0 Å². The summed E-state index contributed by atoms with van der Waals surface area (Å²) in [6, 6.07) is 3.31. The van der Waals surface area contributed by atoms with Crippen molar-refractivity contribution in [2.24, 2.45) is 5.41 Å². The van der Waals surface area contributed by atoms with Gasteiger partial charge in [0.25, 0.3) is 0 Å². The van der Waals surface area contributed by atoms with Gasteiger partial charge in [-0.1, -0.05) is 19.9 Å². The molecule has 1 rings (SSSR count). The van der Waals surface area contributed by atoms with Crippen LogP contribution in [0.25, 0.3) is 0 Å². The van der Waals surface area contributed by atoms with Crippen LogP contribution < -0.4 is 4.72 Å².